The van der Waals surface area contributed by atoms with E-state index in [9.17, 15) is 0 Å². The van der Waals surface area contributed by atoms with Crippen LogP contribution in [0.15, 0.2) is 55.5 Å². The Morgan fingerprint density at radius 2 is 1.96 bits per heavy atom. The summed E-state index contributed by atoms with van der Waals surface area (Å²) in [5, 5.41) is 10.5. The average molecular weight is 539 g/mol. The molecule has 1 aromatic carbocycles. The fraction of sp³-hybridized carbons (Fsp3) is 0.412. The Bertz CT molecular complexity index is 647. The second-order valence-corrected chi connectivity index (χ2v) is 8.55. The van der Waals surface area contributed by atoms with Crippen molar-refractivity contribution < 1.29 is 4.52 Å². The van der Waals surface area contributed by atoms with Crippen molar-refractivity contribution in [3.05, 3.63) is 46.8 Å². The van der Waals surface area contributed by atoms with Gasteiger partial charge in [0.05, 0.1) is 6.54 Å². The summed E-state index contributed by atoms with van der Waals surface area (Å²) in [6, 6.07) is 10.2. The number of hydrogen-bond acceptors (Lipinski definition) is 4. The second-order valence-electron chi connectivity index (χ2n) is 5.86. The van der Waals surface area contributed by atoms with E-state index in [4.69, 9.17) is 4.52 Å². The Morgan fingerprint density at radius 3 is 2.56 bits per heavy atom. The molecule has 2 N–H and O–H groups in total. The van der Waals surface area contributed by atoms with Crippen molar-refractivity contribution in [2.75, 3.05) is 13.1 Å². The van der Waals surface area contributed by atoms with Gasteiger partial charge in [-0.3, -0.25) is 0 Å². The summed E-state index contributed by atoms with van der Waals surface area (Å²) in [7, 11) is 0. The molecule has 2 rings (SSSR count). The van der Waals surface area contributed by atoms with Crippen LogP contribution in [0, 0.1) is 0 Å². The minimum Gasteiger partial charge on any atom is -0.364 e. The second kappa shape index (κ2) is 11.1. The van der Waals surface area contributed by atoms with Crippen LogP contribution in [0.2, 0.25) is 0 Å². The molecule has 0 fully saturated rings. The van der Waals surface area contributed by atoms with Crippen molar-refractivity contribution in [3.63, 3.8) is 0 Å². The molecule has 138 valence electrons. The van der Waals surface area contributed by atoms with Crippen molar-refractivity contribution in [2.45, 2.75) is 37.0 Å². The molecule has 0 aliphatic carbocycles. The molecular formula is C17H24BrIN4OS. The molecule has 5 nitrogen and oxygen atoms in total. The molecular weight excluding hydrogens is 515 g/mol. The van der Waals surface area contributed by atoms with E-state index in [0.29, 0.717) is 6.54 Å². The van der Waals surface area contributed by atoms with Crippen molar-refractivity contribution >= 4 is 57.6 Å². The van der Waals surface area contributed by atoms with Crippen molar-refractivity contribution in [2.24, 2.45) is 4.99 Å². The Labute approximate surface area is 179 Å². The number of thioether (sulfide) groups is 1. The number of nitrogens with one attached hydrogen (secondary N) is 2. The van der Waals surface area contributed by atoms with E-state index in [-0.39, 0.29) is 28.7 Å². The molecule has 0 bridgehead atoms. The summed E-state index contributed by atoms with van der Waals surface area (Å²) in [5.74, 6) is 0.782. The van der Waals surface area contributed by atoms with Crippen LogP contribution in [0.3, 0.4) is 0 Å². The maximum Gasteiger partial charge on any atom is 0.191 e. The van der Waals surface area contributed by atoms with E-state index in [2.05, 4.69) is 81.7 Å². The summed E-state index contributed by atoms with van der Waals surface area (Å²) in [6.07, 6.45) is 1.56. The number of hydrogen-bond donors (Lipinski definition) is 2. The highest BCUT2D eigenvalue weighted by molar-refractivity contribution is 14.0. The molecule has 0 saturated carbocycles. The molecule has 0 aliphatic heterocycles. The smallest absolute Gasteiger partial charge is 0.191 e. The predicted octanol–water partition coefficient (Wildman–Crippen LogP) is 4.68. The Morgan fingerprint density at radius 1 is 1.24 bits per heavy atom. The lowest BCUT2D eigenvalue weighted by Gasteiger charge is -2.25. The third-order valence-electron chi connectivity index (χ3n) is 3.12. The minimum atomic E-state index is 0. The molecule has 0 saturated heterocycles. The van der Waals surface area contributed by atoms with E-state index < -0.39 is 0 Å². The van der Waals surface area contributed by atoms with E-state index in [1.165, 1.54) is 4.90 Å². The van der Waals surface area contributed by atoms with Crippen LogP contribution in [0.1, 0.15) is 26.5 Å². The van der Waals surface area contributed by atoms with Gasteiger partial charge in [0.1, 0.15) is 12.0 Å². The van der Waals surface area contributed by atoms with Gasteiger partial charge in [0.2, 0.25) is 0 Å². The van der Waals surface area contributed by atoms with Gasteiger partial charge in [-0.05, 0) is 45.0 Å². The first-order chi connectivity index (χ1) is 11.5. The molecule has 1 aromatic heterocycles. The summed E-state index contributed by atoms with van der Waals surface area (Å²) < 4.78 is 5.95. The van der Waals surface area contributed by atoms with Gasteiger partial charge in [-0.15, -0.1) is 35.7 Å². The summed E-state index contributed by atoms with van der Waals surface area (Å²) in [5.41, 5.74) is 0.815. The van der Waals surface area contributed by atoms with Gasteiger partial charge in [-0.25, -0.2) is 4.99 Å². The minimum absolute atomic E-state index is 0. The van der Waals surface area contributed by atoms with Crippen LogP contribution < -0.4 is 10.6 Å². The van der Waals surface area contributed by atoms with Crippen LogP contribution in [0.25, 0.3) is 0 Å². The van der Waals surface area contributed by atoms with Gasteiger partial charge < -0.3 is 15.2 Å². The van der Waals surface area contributed by atoms with Crippen molar-refractivity contribution in [1.82, 2.24) is 15.8 Å². The zero-order chi connectivity index (χ0) is 17.4. The third-order valence-corrected chi connectivity index (χ3v) is 4.86. The maximum absolute atomic E-state index is 4.83. The molecule has 0 atom stereocenters. The fourth-order valence-corrected chi connectivity index (χ4v) is 3.29. The number of aliphatic imine (C=N–C) groups is 1. The average Bonchev–Trinajstić information content (AvgIpc) is 3.06. The topological polar surface area (TPSA) is 62.5 Å². The Hall–Kier alpha value is -0.740. The number of nitrogens with zero attached hydrogens (tertiary/aromatic N) is 2. The molecule has 1 heterocycles. The van der Waals surface area contributed by atoms with Crippen molar-refractivity contribution in [1.29, 1.82) is 0 Å². The van der Waals surface area contributed by atoms with Crippen LogP contribution >= 0.6 is 51.7 Å². The first-order valence-corrected chi connectivity index (χ1v) is 9.45. The van der Waals surface area contributed by atoms with Gasteiger partial charge in [-0.1, -0.05) is 21.1 Å². The molecule has 0 radical (unpaired) electrons. The number of halogens is 2. The maximum atomic E-state index is 4.83. The molecule has 0 unspecified atom stereocenters. The molecule has 0 amide bonds. The molecule has 2 aromatic rings. The van der Waals surface area contributed by atoms with Crippen LogP contribution in [0.4, 0.5) is 0 Å². The highest BCUT2D eigenvalue weighted by atomic mass is 127. The predicted molar refractivity (Wildman–Crippen MR) is 119 cm³/mol. The molecule has 0 spiro atoms. The van der Waals surface area contributed by atoms with E-state index in [1.54, 1.807) is 6.26 Å². The van der Waals surface area contributed by atoms with Gasteiger partial charge in [-0.2, -0.15) is 0 Å². The van der Waals surface area contributed by atoms with Gasteiger partial charge >= 0.3 is 0 Å². The highest BCUT2D eigenvalue weighted by Crippen LogP contribution is 2.32. The molecule has 25 heavy (non-hydrogen) atoms. The lowest BCUT2D eigenvalue weighted by molar-refractivity contribution is 0.412. The highest BCUT2D eigenvalue weighted by Gasteiger charge is 2.20. The zero-order valence-corrected chi connectivity index (χ0v) is 19.3. The number of aromatic nitrogens is 1. The normalized spacial score (nSPS) is 11.8. The van der Waals surface area contributed by atoms with Gasteiger partial charge in [0.25, 0.3) is 0 Å². The van der Waals surface area contributed by atoms with Crippen LogP contribution in [0.5, 0.6) is 0 Å². The number of guanidine groups is 1. The largest absolute Gasteiger partial charge is 0.364 e. The zero-order valence-electron chi connectivity index (χ0n) is 14.6. The standard InChI is InChI=1S/C17H23BrN4OS.HI/c1-4-19-16(20-11-14-9-10-23-22-14)21-12-17(2,3)24-15-7-5-13(18)6-8-15;/h5-10H,4,11-12H2,1-3H3,(H2,19,20,21);1H. The van der Waals surface area contributed by atoms with Crippen molar-refractivity contribution in [3.8, 4) is 0 Å². The molecule has 8 heteroatoms. The fourth-order valence-electron chi connectivity index (χ4n) is 1.98. The van der Waals surface area contributed by atoms with Gasteiger partial charge in [0.15, 0.2) is 5.96 Å². The van der Waals surface area contributed by atoms with E-state index in [0.717, 1.165) is 29.2 Å². The Balaban J connectivity index is 0.00000312. The summed E-state index contributed by atoms with van der Waals surface area (Å²) >= 11 is 5.31. The Kier molecular flexibility index (Phi) is 9.88. The van der Waals surface area contributed by atoms with Crippen LogP contribution in [-0.2, 0) is 6.54 Å². The summed E-state index contributed by atoms with van der Waals surface area (Å²) in [6.45, 7) is 8.58. The van der Waals surface area contributed by atoms with E-state index in [1.807, 2.05) is 17.8 Å². The number of benzene rings is 1. The van der Waals surface area contributed by atoms with Crippen LogP contribution in [-0.4, -0.2) is 29.0 Å². The monoisotopic (exact) mass is 538 g/mol. The first-order valence-electron chi connectivity index (χ1n) is 7.84. The van der Waals surface area contributed by atoms with E-state index >= 15 is 0 Å². The quantitative estimate of drug-likeness (QED) is 0.232. The number of rotatable bonds is 7. The lowest BCUT2D eigenvalue weighted by Crippen LogP contribution is -2.43. The SMILES string of the molecule is CCNC(=NCc1ccon1)NCC(C)(C)Sc1ccc(Br)cc1.I. The van der Waals surface area contributed by atoms with Gasteiger partial charge in [0, 0.05) is 33.3 Å². The summed E-state index contributed by atoms with van der Waals surface area (Å²) in [4.78, 5) is 5.78. The lowest BCUT2D eigenvalue weighted by atomic mass is 10.2. The third kappa shape index (κ3) is 8.46. The first kappa shape index (κ1) is 22.3. The molecule has 0 aliphatic rings.